The zero-order valence-corrected chi connectivity index (χ0v) is 14.3. The van der Waals surface area contributed by atoms with Gasteiger partial charge >= 0.3 is 0 Å². The van der Waals surface area contributed by atoms with Crippen molar-refractivity contribution in [1.29, 1.82) is 0 Å². The van der Waals surface area contributed by atoms with Crippen molar-refractivity contribution in [1.82, 2.24) is 10.2 Å². The molecule has 0 aliphatic carbocycles. The molecule has 1 saturated heterocycles. The van der Waals surface area contributed by atoms with E-state index >= 15 is 0 Å². The molecule has 2 rings (SSSR count). The lowest BCUT2D eigenvalue weighted by Gasteiger charge is -2.23. The van der Waals surface area contributed by atoms with E-state index in [1.807, 2.05) is 23.3 Å². The predicted molar refractivity (Wildman–Crippen MR) is 88.8 cm³/mol. The van der Waals surface area contributed by atoms with Crippen LogP contribution in [0.1, 0.15) is 44.2 Å². The Bertz CT molecular complexity index is 476. The standard InChI is InChI=1S/C15H24N2O2S2/c1-3-5-7-12-15(18)17(9-11-21(19)4-2)14(16-12)13-8-6-10-20-13/h6,8,10,12,14,16H,3-5,7,9,11H2,1-2H3. The molecule has 4 nitrogen and oxygen atoms in total. The normalized spacial score (nSPS) is 23.7. The Kier molecular flexibility index (Phi) is 6.39. The van der Waals surface area contributed by atoms with E-state index in [1.54, 1.807) is 11.3 Å². The summed E-state index contributed by atoms with van der Waals surface area (Å²) in [4.78, 5) is 15.6. The van der Waals surface area contributed by atoms with Crippen LogP contribution in [-0.2, 0) is 15.6 Å². The van der Waals surface area contributed by atoms with Gasteiger partial charge in [0.1, 0.15) is 6.17 Å². The van der Waals surface area contributed by atoms with E-state index in [4.69, 9.17) is 0 Å². The third-order valence-corrected chi connectivity index (χ3v) is 6.00. The highest BCUT2D eigenvalue weighted by Gasteiger charge is 2.39. The van der Waals surface area contributed by atoms with Gasteiger partial charge in [-0.15, -0.1) is 11.3 Å². The fourth-order valence-corrected chi connectivity index (χ4v) is 4.05. The third kappa shape index (κ3) is 4.14. The Morgan fingerprint density at radius 3 is 2.86 bits per heavy atom. The summed E-state index contributed by atoms with van der Waals surface area (Å²) >= 11 is 1.66. The number of nitrogens with zero attached hydrogens (tertiary/aromatic N) is 1. The smallest absolute Gasteiger partial charge is 0.241 e. The van der Waals surface area contributed by atoms with Gasteiger partial charge in [-0.2, -0.15) is 0 Å². The summed E-state index contributed by atoms with van der Waals surface area (Å²) in [6.07, 6.45) is 2.97. The number of rotatable bonds is 8. The number of carbonyl (C=O) groups is 1. The summed E-state index contributed by atoms with van der Waals surface area (Å²) in [6, 6.07) is 3.97. The molecule has 1 N–H and O–H groups in total. The second-order valence-corrected chi connectivity index (χ2v) is 8.09. The maximum absolute atomic E-state index is 12.6. The maximum Gasteiger partial charge on any atom is 0.241 e. The van der Waals surface area contributed by atoms with E-state index in [-0.39, 0.29) is 18.1 Å². The number of nitrogens with one attached hydrogen (secondary N) is 1. The fraction of sp³-hybridized carbons (Fsp3) is 0.667. The van der Waals surface area contributed by atoms with E-state index in [0.717, 1.165) is 24.1 Å². The lowest BCUT2D eigenvalue weighted by atomic mass is 10.1. The highest BCUT2D eigenvalue weighted by Crippen LogP contribution is 2.29. The molecule has 0 spiro atoms. The SMILES string of the molecule is CCCCC1NC(c2cccs2)N(CCS(=O)CC)C1=O. The van der Waals surface area contributed by atoms with Gasteiger partial charge in [0.2, 0.25) is 5.91 Å². The molecule has 21 heavy (non-hydrogen) atoms. The van der Waals surface area contributed by atoms with Crippen LogP contribution in [0.25, 0.3) is 0 Å². The van der Waals surface area contributed by atoms with E-state index in [9.17, 15) is 9.00 Å². The van der Waals surface area contributed by atoms with Gasteiger partial charge in [0.15, 0.2) is 0 Å². The third-order valence-electron chi connectivity index (χ3n) is 3.79. The van der Waals surface area contributed by atoms with Crippen LogP contribution in [0.15, 0.2) is 17.5 Å². The van der Waals surface area contributed by atoms with Gasteiger partial charge in [0.05, 0.1) is 6.04 Å². The minimum absolute atomic E-state index is 0.0480. The van der Waals surface area contributed by atoms with E-state index in [0.29, 0.717) is 18.1 Å². The molecule has 6 heteroatoms. The zero-order chi connectivity index (χ0) is 15.2. The van der Waals surface area contributed by atoms with Crippen molar-refractivity contribution >= 4 is 28.0 Å². The zero-order valence-electron chi connectivity index (χ0n) is 12.7. The van der Waals surface area contributed by atoms with Gasteiger partial charge in [0, 0.05) is 33.7 Å². The van der Waals surface area contributed by atoms with Gasteiger partial charge in [-0.3, -0.25) is 14.3 Å². The predicted octanol–water partition coefficient (Wildman–Crippen LogP) is 2.51. The highest BCUT2D eigenvalue weighted by molar-refractivity contribution is 7.84. The number of hydrogen-bond donors (Lipinski definition) is 1. The van der Waals surface area contributed by atoms with E-state index in [2.05, 4.69) is 18.3 Å². The van der Waals surface area contributed by atoms with Crippen molar-refractivity contribution in [2.24, 2.45) is 0 Å². The number of hydrogen-bond acceptors (Lipinski definition) is 4. The molecule has 0 aromatic carbocycles. The Balaban J connectivity index is 2.08. The number of unbranched alkanes of at least 4 members (excludes halogenated alkanes) is 1. The van der Waals surface area contributed by atoms with Gasteiger partial charge in [-0.05, 0) is 17.9 Å². The van der Waals surface area contributed by atoms with E-state index in [1.165, 1.54) is 0 Å². The first-order valence-corrected chi connectivity index (χ1v) is 9.99. The van der Waals surface area contributed by atoms with Crippen molar-refractivity contribution in [3.63, 3.8) is 0 Å². The van der Waals surface area contributed by atoms with Crippen molar-refractivity contribution in [3.05, 3.63) is 22.4 Å². The highest BCUT2D eigenvalue weighted by atomic mass is 32.2. The molecule has 3 atom stereocenters. The largest absolute Gasteiger partial charge is 0.320 e. The van der Waals surface area contributed by atoms with Crippen LogP contribution >= 0.6 is 11.3 Å². The quantitative estimate of drug-likeness (QED) is 0.798. The Morgan fingerprint density at radius 2 is 2.24 bits per heavy atom. The van der Waals surface area contributed by atoms with Crippen LogP contribution < -0.4 is 5.32 Å². The van der Waals surface area contributed by atoms with Crippen LogP contribution in [0.2, 0.25) is 0 Å². The summed E-state index contributed by atoms with van der Waals surface area (Å²) in [5.74, 6) is 1.37. The molecule has 0 radical (unpaired) electrons. The second-order valence-electron chi connectivity index (χ2n) is 5.24. The van der Waals surface area contributed by atoms with Gasteiger partial charge in [0.25, 0.3) is 0 Å². The summed E-state index contributed by atoms with van der Waals surface area (Å²) in [6.45, 7) is 4.62. The Morgan fingerprint density at radius 1 is 1.43 bits per heavy atom. The summed E-state index contributed by atoms with van der Waals surface area (Å²) in [5, 5.41) is 5.49. The molecule has 3 unspecified atom stereocenters. The van der Waals surface area contributed by atoms with Crippen molar-refractivity contribution in [2.75, 3.05) is 18.1 Å². The summed E-state index contributed by atoms with van der Waals surface area (Å²) < 4.78 is 11.7. The van der Waals surface area contributed by atoms with E-state index < -0.39 is 10.8 Å². The first kappa shape index (κ1) is 16.6. The molecule has 1 aromatic heterocycles. The first-order chi connectivity index (χ1) is 10.2. The molecule has 1 fully saturated rings. The molecule has 0 bridgehead atoms. The number of amides is 1. The van der Waals surface area contributed by atoms with Crippen LogP contribution in [-0.4, -0.2) is 39.1 Å². The molecule has 2 heterocycles. The first-order valence-electron chi connectivity index (χ1n) is 7.62. The van der Waals surface area contributed by atoms with Crippen LogP contribution in [0, 0.1) is 0 Å². The minimum Gasteiger partial charge on any atom is -0.320 e. The van der Waals surface area contributed by atoms with Crippen molar-refractivity contribution < 1.29 is 9.00 Å². The van der Waals surface area contributed by atoms with Crippen molar-refractivity contribution in [3.8, 4) is 0 Å². The molecule has 0 saturated carbocycles. The fourth-order valence-electron chi connectivity index (χ4n) is 2.56. The maximum atomic E-state index is 12.6. The van der Waals surface area contributed by atoms with Crippen LogP contribution in [0.3, 0.4) is 0 Å². The summed E-state index contributed by atoms with van der Waals surface area (Å²) in [7, 11) is -0.835. The van der Waals surface area contributed by atoms with Crippen LogP contribution in [0.5, 0.6) is 0 Å². The van der Waals surface area contributed by atoms with Gasteiger partial charge in [-0.1, -0.05) is 32.8 Å². The van der Waals surface area contributed by atoms with Crippen LogP contribution in [0.4, 0.5) is 0 Å². The average Bonchev–Trinajstić information content (AvgIpc) is 3.11. The molecular formula is C15H24N2O2S2. The Hall–Kier alpha value is -0.720. The lowest BCUT2D eigenvalue weighted by Crippen LogP contribution is -2.34. The topological polar surface area (TPSA) is 49.4 Å². The molecule has 1 amide bonds. The average molecular weight is 329 g/mol. The monoisotopic (exact) mass is 328 g/mol. The van der Waals surface area contributed by atoms with Gasteiger partial charge < -0.3 is 4.90 Å². The molecule has 1 aliphatic rings. The molecule has 1 aliphatic heterocycles. The second kappa shape index (κ2) is 8.06. The molecular weight excluding hydrogens is 304 g/mol. The Labute approximate surface area is 133 Å². The lowest BCUT2D eigenvalue weighted by molar-refractivity contribution is -0.129. The molecule has 118 valence electrons. The van der Waals surface area contributed by atoms with Crippen molar-refractivity contribution in [2.45, 2.75) is 45.3 Å². The van der Waals surface area contributed by atoms with Gasteiger partial charge in [-0.25, -0.2) is 0 Å². The number of thiophene rings is 1. The minimum atomic E-state index is -0.835. The number of carbonyl (C=O) groups excluding carboxylic acids is 1. The summed E-state index contributed by atoms with van der Waals surface area (Å²) in [5.41, 5.74) is 0. The molecule has 1 aromatic rings.